The van der Waals surface area contributed by atoms with Gasteiger partial charge < -0.3 is 5.32 Å². The molecule has 1 aromatic carbocycles. The lowest BCUT2D eigenvalue weighted by atomic mass is 9.92. The van der Waals surface area contributed by atoms with Crippen molar-refractivity contribution in [3.05, 3.63) is 28.8 Å². The zero-order valence-electron chi connectivity index (χ0n) is 8.65. The van der Waals surface area contributed by atoms with Crippen molar-refractivity contribution in [2.75, 3.05) is 5.32 Å². The number of rotatable bonds is 0. The quantitative estimate of drug-likeness (QED) is 0.639. The zero-order valence-corrected chi connectivity index (χ0v) is 8.65. The summed E-state index contributed by atoms with van der Waals surface area (Å²) < 4.78 is 0. The van der Waals surface area contributed by atoms with Gasteiger partial charge >= 0.3 is 0 Å². The Bertz CT molecular complexity index is 328. The third kappa shape index (κ3) is 1.43. The Kier molecular flexibility index (Phi) is 2.03. The first kappa shape index (κ1) is 8.61. The second kappa shape index (κ2) is 3.06. The first-order valence-corrected chi connectivity index (χ1v) is 5.04. The maximum Gasteiger partial charge on any atom is 0.0377 e. The van der Waals surface area contributed by atoms with Crippen LogP contribution < -0.4 is 5.32 Å². The van der Waals surface area contributed by atoms with Crippen molar-refractivity contribution in [1.29, 1.82) is 0 Å². The number of anilines is 1. The topological polar surface area (TPSA) is 12.0 Å². The third-order valence-electron chi connectivity index (χ3n) is 3.10. The van der Waals surface area contributed by atoms with Crippen molar-refractivity contribution in [2.45, 2.75) is 39.7 Å². The maximum absolute atomic E-state index is 3.53. The van der Waals surface area contributed by atoms with Crippen molar-refractivity contribution in [1.82, 2.24) is 0 Å². The zero-order chi connectivity index (χ0) is 9.42. The molecule has 0 bridgehead atoms. The van der Waals surface area contributed by atoms with Gasteiger partial charge in [0, 0.05) is 11.7 Å². The van der Waals surface area contributed by atoms with E-state index in [2.05, 4.69) is 38.2 Å². The predicted octanol–water partition coefficient (Wildman–Crippen LogP) is 3.05. The van der Waals surface area contributed by atoms with Gasteiger partial charge in [-0.3, -0.25) is 0 Å². The molecule has 0 saturated carbocycles. The van der Waals surface area contributed by atoms with E-state index in [0.717, 1.165) is 0 Å². The molecule has 1 atom stereocenters. The van der Waals surface area contributed by atoms with Crippen LogP contribution in [0.15, 0.2) is 12.1 Å². The van der Waals surface area contributed by atoms with Crippen LogP contribution in [-0.4, -0.2) is 6.04 Å². The smallest absolute Gasteiger partial charge is 0.0377 e. The highest BCUT2D eigenvalue weighted by atomic mass is 14.9. The highest BCUT2D eigenvalue weighted by Crippen LogP contribution is 2.29. The van der Waals surface area contributed by atoms with Crippen LogP contribution in [0.2, 0.25) is 0 Å². The molecule has 0 saturated heterocycles. The second-order valence-electron chi connectivity index (χ2n) is 4.12. The second-order valence-corrected chi connectivity index (χ2v) is 4.12. The highest BCUT2D eigenvalue weighted by Gasteiger charge is 2.15. The minimum atomic E-state index is 0.634. The summed E-state index contributed by atoms with van der Waals surface area (Å²) in [4.78, 5) is 0. The Morgan fingerprint density at radius 1 is 1.31 bits per heavy atom. The fraction of sp³-hybridized carbons (Fsp3) is 0.500. The Balaban J connectivity index is 2.47. The summed E-state index contributed by atoms with van der Waals surface area (Å²) in [6.07, 6.45) is 2.49. The molecule has 0 spiro atoms. The van der Waals surface area contributed by atoms with Crippen LogP contribution in [-0.2, 0) is 6.42 Å². The van der Waals surface area contributed by atoms with Crippen LogP contribution in [0.3, 0.4) is 0 Å². The number of aryl methyl sites for hydroxylation is 1. The lowest BCUT2D eigenvalue weighted by Gasteiger charge is -2.26. The molecule has 2 rings (SSSR count). The van der Waals surface area contributed by atoms with E-state index in [4.69, 9.17) is 0 Å². The van der Waals surface area contributed by atoms with Crippen molar-refractivity contribution in [3.8, 4) is 0 Å². The molecular formula is C12H17N. The van der Waals surface area contributed by atoms with E-state index in [1.165, 1.54) is 35.2 Å². The molecule has 0 radical (unpaired) electrons. The molecule has 1 aliphatic heterocycles. The predicted molar refractivity (Wildman–Crippen MR) is 57.3 cm³/mol. The summed E-state index contributed by atoms with van der Waals surface area (Å²) in [7, 11) is 0. The summed E-state index contributed by atoms with van der Waals surface area (Å²) in [6, 6.07) is 5.06. The first-order valence-electron chi connectivity index (χ1n) is 5.04. The van der Waals surface area contributed by atoms with E-state index in [-0.39, 0.29) is 0 Å². The molecule has 0 fully saturated rings. The lowest BCUT2D eigenvalue weighted by molar-refractivity contribution is 0.678. The summed E-state index contributed by atoms with van der Waals surface area (Å²) in [5.41, 5.74) is 5.76. The van der Waals surface area contributed by atoms with Gasteiger partial charge in [0.2, 0.25) is 0 Å². The lowest BCUT2D eigenvalue weighted by Crippen LogP contribution is -2.22. The van der Waals surface area contributed by atoms with Crippen molar-refractivity contribution >= 4 is 5.69 Å². The fourth-order valence-corrected chi connectivity index (χ4v) is 2.03. The van der Waals surface area contributed by atoms with Crippen LogP contribution in [0.5, 0.6) is 0 Å². The van der Waals surface area contributed by atoms with Crippen LogP contribution in [0.1, 0.15) is 30.0 Å². The van der Waals surface area contributed by atoms with E-state index in [1.807, 2.05) is 0 Å². The van der Waals surface area contributed by atoms with Gasteiger partial charge in [0.25, 0.3) is 0 Å². The van der Waals surface area contributed by atoms with Crippen molar-refractivity contribution in [2.24, 2.45) is 0 Å². The summed E-state index contributed by atoms with van der Waals surface area (Å²) >= 11 is 0. The molecule has 1 aliphatic rings. The average Bonchev–Trinajstić information content (AvgIpc) is 2.12. The van der Waals surface area contributed by atoms with Gasteiger partial charge in [0.05, 0.1) is 0 Å². The SMILES string of the molecule is Cc1ccc2c(c1C)CCC(C)N2. The summed E-state index contributed by atoms with van der Waals surface area (Å²) in [5, 5.41) is 3.53. The number of hydrogen-bond acceptors (Lipinski definition) is 1. The molecule has 1 aromatic rings. The summed E-state index contributed by atoms with van der Waals surface area (Å²) in [6.45, 7) is 6.66. The molecule has 0 aromatic heterocycles. The van der Waals surface area contributed by atoms with Gasteiger partial charge in [-0.2, -0.15) is 0 Å². The Morgan fingerprint density at radius 3 is 2.85 bits per heavy atom. The number of fused-ring (bicyclic) bond motifs is 1. The number of hydrogen-bond donors (Lipinski definition) is 1. The monoisotopic (exact) mass is 175 g/mol. The standard InChI is InChI=1S/C12H17N/c1-8-4-7-12-11(10(8)3)6-5-9(2)13-12/h4,7,9,13H,5-6H2,1-3H3. The van der Waals surface area contributed by atoms with Crippen LogP contribution in [0, 0.1) is 13.8 Å². The van der Waals surface area contributed by atoms with Crippen molar-refractivity contribution in [3.63, 3.8) is 0 Å². The van der Waals surface area contributed by atoms with Crippen molar-refractivity contribution < 1.29 is 0 Å². The Hall–Kier alpha value is -0.980. The molecule has 0 aliphatic carbocycles. The van der Waals surface area contributed by atoms with Gasteiger partial charge in [0.1, 0.15) is 0 Å². The molecular weight excluding hydrogens is 158 g/mol. The molecule has 1 unspecified atom stereocenters. The van der Waals surface area contributed by atoms with E-state index < -0.39 is 0 Å². The molecule has 1 heterocycles. The number of benzene rings is 1. The largest absolute Gasteiger partial charge is 0.382 e. The molecule has 70 valence electrons. The van der Waals surface area contributed by atoms with Gasteiger partial charge in [-0.1, -0.05) is 6.07 Å². The van der Waals surface area contributed by atoms with E-state index in [0.29, 0.717) is 6.04 Å². The minimum absolute atomic E-state index is 0.634. The molecule has 0 amide bonds. The minimum Gasteiger partial charge on any atom is -0.382 e. The fourth-order valence-electron chi connectivity index (χ4n) is 2.03. The van der Waals surface area contributed by atoms with Crippen LogP contribution in [0.25, 0.3) is 0 Å². The number of nitrogens with one attached hydrogen (secondary N) is 1. The van der Waals surface area contributed by atoms with Gasteiger partial charge in [0.15, 0.2) is 0 Å². The molecule has 1 nitrogen and oxygen atoms in total. The Labute approximate surface area is 80.2 Å². The van der Waals surface area contributed by atoms with E-state index >= 15 is 0 Å². The normalized spacial score (nSPS) is 20.7. The van der Waals surface area contributed by atoms with E-state index in [9.17, 15) is 0 Å². The van der Waals surface area contributed by atoms with Gasteiger partial charge in [-0.15, -0.1) is 0 Å². The third-order valence-corrected chi connectivity index (χ3v) is 3.10. The average molecular weight is 175 g/mol. The molecule has 13 heavy (non-hydrogen) atoms. The van der Waals surface area contributed by atoms with Crippen LogP contribution in [0.4, 0.5) is 5.69 Å². The van der Waals surface area contributed by atoms with Gasteiger partial charge in [-0.25, -0.2) is 0 Å². The first-order chi connectivity index (χ1) is 6.18. The summed E-state index contributed by atoms with van der Waals surface area (Å²) in [5.74, 6) is 0. The Morgan fingerprint density at radius 2 is 2.08 bits per heavy atom. The maximum atomic E-state index is 3.53. The van der Waals surface area contributed by atoms with Gasteiger partial charge in [-0.05, 0) is 56.4 Å². The molecule has 1 heteroatoms. The molecule has 1 N–H and O–H groups in total. The van der Waals surface area contributed by atoms with E-state index in [1.54, 1.807) is 0 Å². The van der Waals surface area contributed by atoms with Crippen LogP contribution >= 0.6 is 0 Å². The highest BCUT2D eigenvalue weighted by molar-refractivity contribution is 5.58.